The molecule has 0 spiro atoms. The van der Waals surface area contributed by atoms with Gasteiger partial charge in [-0.25, -0.2) is 0 Å². The van der Waals surface area contributed by atoms with E-state index in [0.717, 1.165) is 50.4 Å². The molecule has 0 amide bonds. The Hall–Kier alpha value is -1.34. The lowest BCUT2D eigenvalue weighted by Crippen LogP contribution is -2.11. The summed E-state index contributed by atoms with van der Waals surface area (Å²) in [5, 5.41) is 0. The van der Waals surface area contributed by atoms with Crippen LogP contribution in [0.3, 0.4) is 0 Å². The molecule has 0 aliphatic carbocycles. The summed E-state index contributed by atoms with van der Waals surface area (Å²) in [6, 6.07) is 7.58. The van der Waals surface area contributed by atoms with Crippen LogP contribution < -0.4 is 9.47 Å². The molecule has 1 aromatic carbocycles. The van der Waals surface area contributed by atoms with Gasteiger partial charge in [0.1, 0.15) is 24.7 Å². The zero-order valence-corrected chi connectivity index (χ0v) is 17.7. The van der Waals surface area contributed by atoms with Crippen molar-refractivity contribution < 1.29 is 28.4 Å². The number of hydrogen-bond acceptors (Lipinski definition) is 6. The lowest BCUT2D eigenvalue weighted by atomic mass is 10.3. The first-order valence-corrected chi connectivity index (χ1v) is 10.5. The van der Waals surface area contributed by atoms with Crippen molar-refractivity contribution in [2.24, 2.45) is 0 Å². The second kappa shape index (κ2) is 19.0. The monoisotopic (exact) mass is 398 g/mol. The fourth-order valence-corrected chi connectivity index (χ4v) is 2.21. The normalized spacial score (nSPS) is 10.9. The van der Waals surface area contributed by atoms with E-state index >= 15 is 0 Å². The summed E-state index contributed by atoms with van der Waals surface area (Å²) in [4.78, 5) is 0. The standard InChI is InChI=1S/C22H38O6/c1-3-5-11-23-13-15-25-17-19-27-21-7-9-22(10-8-21)28-20-18-26-16-14-24-12-6-4-2/h7-10H,3-6,11-20H2,1-2H3. The van der Waals surface area contributed by atoms with Gasteiger partial charge >= 0.3 is 0 Å². The van der Waals surface area contributed by atoms with E-state index in [1.54, 1.807) is 0 Å². The second-order valence-electron chi connectivity index (χ2n) is 6.32. The minimum absolute atomic E-state index is 0.517. The van der Waals surface area contributed by atoms with Crippen molar-refractivity contribution in [1.29, 1.82) is 0 Å². The van der Waals surface area contributed by atoms with Crippen LogP contribution >= 0.6 is 0 Å². The third-order valence-electron chi connectivity index (χ3n) is 3.85. The molecule has 0 heterocycles. The van der Waals surface area contributed by atoms with Crippen molar-refractivity contribution in [3.63, 3.8) is 0 Å². The molecule has 162 valence electrons. The van der Waals surface area contributed by atoms with E-state index in [2.05, 4.69) is 13.8 Å². The summed E-state index contributed by atoms with van der Waals surface area (Å²) in [7, 11) is 0. The zero-order chi connectivity index (χ0) is 20.1. The van der Waals surface area contributed by atoms with Gasteiger partial charge in [0.2, 0.25) is 0 Å². The fraction of sp³-hybridized carbons (Fsp3) is 0.727. The molecule has 0 atom stereocenters. The molecular formula is C22H38O6. The zero-order valence-electron chi connectivity index (χ0n) is 17.7. The SMILES string of the molecule is CCCCOCCOCCOc1ccc(OCCOCCOCCCC)cc1. The lowest BCUT2D eigenvalue weighted by molar-refractivity contribution is 0.0352. The number of benzene rings is 1. The summed E-state index contributed by atoms with van der Waals surface area (Å²) in [5.74, 6) is 1.60. The predicted octanol–water partition coefficient (Wildman–Crippen LogP) is 4.11. The smallest absolute Gasteiger partial charge is 0.119 e. The van der Waals surface area contributed by atoms with Gasteiger partial charge in [-0.3, -0.25) is 0 Å². The van der Waals surface area contributed by atoms with Crippen molar-refractivity contribution in [2.75, 3.05) is 66.1 Å². The third-order valence-corrected chi connectivity index (χ3v) is 3.85. The first kappa shape index (κ1) is 24.7. The van der Waals surface area contributed by atoms with E-state index in [9.17, 15) is 0 Å². The summed E-state index contributed by atoms with van der Waals surface area (Å²) in [6.07, 6.45) is 4.51. The highest BCUT2D eigenvalue weighted by molar-refractivity contribution is 5.31. The van der Waals surface area contributed by atoms with E-state index < -0.39 is 0 Å². The van der Waals surface area contributed by atoms with Gasteiger partial charge in [-0.15, -0.1) is 0 Å². The summed E-state index contributed by atoms with van der Waals surface area (Å²) in [6.45, 7) is 10.5. The molecule has 0 aliphatic rings. The molecule has 0 radical (unpaired) electrons. The third kappa shape index (κ3) is 14.7. The van der Waals surface area contributed by atoms with Crippen LogP contribution in [0.15, 0.2) is 24.3 Å². The molecule has 1 rings (SSSR count). The second-order valence-corrected chi connectivity index (χ2v) is 6.32. The molecule has 0 aliphatic heterocycles. The molecule has 0 saturated carbocycles. The summed E-state index contributed by atoms with van der Waals surface area (Å²) < 4.78 is 33.1. The highest BCUT2D eigenvalue weighted by Gasteiger charge is 1.98. The van der Waals surface area contributed by atoms with Gasteiger partial charge in [0.05, 0.1) is 39.6 Å². The van der Waals surface area contributed by atoms with Gasteiger partial charge in [-0.2, -0.15) is 0 Å². The van der Waals surface area contributed by atoms with E-state index in [1.165, 1.54) is 0 Å². The maximum absolute atomic E-state index is 5.64. The first-order chi connectivity index (χ1) is 13.9. The Morgan fingerprint density at radius 3 is 1.14 bits per heavy atom. The Balaban J connectivity index is 1.94. The van der Waals surface area contributed by atoms with Gasteiger partial charge in [0, 0.05) is 13.2 Å². The van der Waals surface area contributed by atoms with E-state index in [1.807, 2.05) is 24.3 Å². The maximum atomic E-state index is 5.64. The van der Waals surface area contributed by atoms with Crippen LogP contribution in [0.4, 0.5) is 0 Å². The average Bonchev–Trinajstić information content (AvgIpc) is 2.72. The molecule has 0 saturated heterocycles. The van der Waals surface area contributed by atoms with Gasteiger partial charge in [0.15, 0.2) is 0 Å². The molecular weight excluding hydrogens is 360 g/mol. The number of unbranched alkanes of at least 4 members (excludes halogenated alkanes) is 2. The van der Waals surface area contributed by atoms with Crippen molar-refractivity contribution in [3.05, 3.63) is 24.3 Å². The molecule has 0 unspecified atom stereocenters. The minimum atomic E-state index is 0.517. The molecule has 6 nitrogen and oxygen atoms in total. The summed E-state index contributed by atoms with van der Waals surface area (Å²) in [5.41, 5.74) is 0. The Bertz CT molecular complexity index is 396. The highest BCUT2D eigenvalue weighted by Crippen LogP contribution is 2.17. The number of rotatable bonds is 20. The van der Waals surface area contributed by atoms with Crippen LogP contribution in [-0.2, 0) is 18.9 Å². The van der Waals surface area contributed by atoms with Gasteiger partial charge in [-0.05, 0) is 37.1 Å². The summed E-state index contributed by atoms with van der Waals surface area (Å²) >= 11 is 0. The largest absolute Gasteiger partial charge is 0.491 e. The molecule has 28 heavy (non-hydrogen) atoms. The van der Waals surface area contributed by atoms with Crippen molar-refractivity contribution in [2.45, 2.75) is 39.5 Å². The van der Waals surface area contributed by atoms with Crippen LogP contribution in [0, 0.1) is 0 Å². The van der Waals surface area contributed by atoms with Crippen LogP contribution in [0.1, 0.15) is 39.5 Å². The molecule has 0 bridgehead atoms. The maximum Gasteiger partial charge on any atom is 0.119 e. The Kier molecular flexibility index (Phi) is 16.8. The van der Waals surface area contributed by atoms with Crippen molar-refractivity contribution >= 4 is 0 Å². The molecule has 1 aromatic rings. The molecule has 0 fully saturated rings. The van der Waals surface area contributed by atoms with E-state index in [0.29, 0.717) is 52.9 Å². The van der Waals surface area contributed by atoms with Gasteiger partial charge in [-0.1, -0.05) is 26.7 Å². The fourth-order valence-electron chi connectivity index (χ4n) is 2.21. The van der Waals surface area contributed by atoms with Crippen LogP contribution in [0.5, 0.6) is 11.5 Å². The van der Waals surface area contributed by atoms with Gasteiger partial charge < -0.3 is 28.4 Å². The van der Waals surface area contributed by atoms with Crippen LogP contribution in [0.2, 0.25) is 0 Å². The minimum Gasteiger partial charge on any atom is -0.491 e. The number of hydrogen-bond donors (Lipinski definition) is 0. The Morgan fingerprint density at radius 2 is 0.786 bits per heavy atom. The quantitative estimate of drug-likeness (QED) is 0.308. The van der Waals surface area contributed by atoms with E-state index in [-0.39, 0.29) is 0 Å². The first-order valence-electron chi connectivity index (χ1n) is 10.5. The Labute approximate surface area is 170 Å². The molecule has 6 heteroatoms. The van der Waals surface area contributed by atoms with Crippen LogP contribution in [-0.4, -0.2) is 66.1 Å². The van der Waals surface area contributed by atoms with Crippen LogP contribution in [0.25, 0.3) is 0 Å². The lowest BCUT2D eigenvalue weighted by Gasteiger charge is -2.10. The predicted molar refractivity (Wildman–Crippen MR) is 111 cm³/mol. The van der Waals surface area contributed by atoms with Gasteiger partial charge in [0.25, 0.3) is 0 Å². The van der Waals surface area contributed by atoms with Crippen molar-refractivity contribution in [1.82, 2.24) is 0 Å². The average molecular weight is 399 g/mol. The molecule has 0 N–H and O–H groups in total. The molecule has 0 aromatic heterocycles. The number of ether oxygens (including phenoxy) is 6. The Morgan fingerprint density at radius 1 is 0.464 bits per heavy atom. The highest BCUT2D eigenvalue weighted by atomic mass is 16.5. The van der Waals surface area contributed by atoms with E-state index in [4.69, 9.17) is 28.4 Å². The van der Waals surface area contributed by atoms with Crippen molar-refractivity contribution in [3.8, 4) is 11.5 Å². The topological polar surface area (TPSA) is 55.4 Å².